The van der Waals surface area contributed by atoms with Gasteiger partial charge in [-0.2, -0.15) is 9.78 Å². The molecule has 0 spiro atoms. The van der Waals surface area contributed by atoms with Gasteiger partial charge in [0.1, 0.15) is 12.4 Å². The van der Waals surface area contributed by atoms with Crippen LogP contribution in [0.15, 0.2) is 87.2 Å². The number of para-hydroxylation sites is 1. The zero-order valence-electron chi connectivity index (χ0n) is 24.4. The number of hydrogen-bond donors (Lipinski definition) is 0. The van der Waals surface area contributed by atoms with Gasteiger partial charge in [-0.15, -0.1) is 0 Å². The summed E-state index contributed by atoms with van der Waals surface area (Å²) in [4.78, 5) is 30.1. The Morgan fingerprint density at radius 1 is 1.11 bits per heavy atom. The molecular weight excluding hydrogens is 648 g/mol. The standard InChI is InChI=1S/C33H28BrClN4O5/c1-19(2)24-16-25(20(3)13-30(24)43-4)32-37-28-12-8-6-10-23(28)33(40)38(32)36-17-21-14-26(34)31(29(15-21)39(41)42)44-18-22-9-5-7-11-27(22)35/h5-17,19H,18H2,1-4H3. The van der Waals surface area contributed by atoms with Crippen LogP contribution in [0.3, 0.4) is 0 Å². The van der Waals surface area contributed by atoms with Crippen LogP contribution in [0.1, 0.15) is 42.0 Å². The number of methoxy groups -OCH3 is 1. The number of halogens is 2. The molecule has 5 aromatic rings. The molecule has 0 saturated carbocycles. The van der Waals surface area contributed by atoms with Gasteiger partial charge in [0.2, 0.25) is 5.75 Å². The molecule has 0 N–H and O–H groups in total. The lowest BCUT2D eigenvalue weighted by atomic mass is 9.96. The van der Waals surface area contributed by atoms with Crippen molar-refractivity contribution in [3.05, 3.63) is 125 Å². The second kappa shape index (κ2) is 13.0. The van der Waals surface area contributed by atoms with Gasteiger partial charge in [0.15, 0.2) is 5.82 Å². The van der Waals surface area contributed by atoms with Crippen LogP contribution in [-0.4, -0.2) is 27.9 Å². The maximum atomic E-state index is 13.8. The van der Waals surface area contributed by atoms with Crippen molar-refractivity contribution in [3.8, 4) is 22.9 Å². The number of benzene rings is 4. The summed E-state index contributed by atoms with van der Waals surface area (Å²) in [6, 6.07) is 21.0. The van der Waals surface area contributed by atoms with Crippen molar-refractivity contribution < 1.29 is 14.4 Å². The molecule has 0 radical (unpaired) electrons. The lowest BCUT2D eigenvalue weighted by molar-refractivity contribution is -0.386. The summed E-state index contributed by atoms with van der Waals surface area (Å²) in [5.74, 6) is 1.27. The number of nitrogens with zero attached hydrogens (tertiary/aromatic N) is 4. The first-order valence-corrected chi connectivity index (χ1v) is 14.8. The van der Waals surface area contributed by atoms with Crippen molar-refractivity contribution in [1.82, 2.24) is 9.66 Å². The molecular formula is C33H28BrClN4O5. The maximum absolute atomic E-state index is 13.8. The van der Waals surface area contributed by atoms with Crippen LogP contribution in [0.4, 0.5) is 5.69 Å². The van der Waals surface area contributed by atoms with Gasteiger partial charge < -0.3 is 9.47 Å². The second-order valence-electron chi connectivity index (χ2n) is 10.4. The molecule has 0 saturated heterocycles. The molecule has 5 rings (SSSR count). The van der Waals surface area contributed by atoms with Crippen LogP contribution < -0.4 is 15.0 Å². The SMILES string of the molecule is COc1cc(C)c(-c2nc3ccccc3c(=O)n2N=Cc2cc(Br)c(OCc3ccccc3Cl)c([N+](=O)[O-])c2)cc1C(C)C. The van der Waals surface area contributed by atoms with E-state index in [9.17, 15) is 14.9 Å². The Kier molecular flexibility index (Phi) is 9.12. The molecule has 1 heterocycles. The van der Waals surface area contributed by atoms with Crippen molar-refractivity contribution >= 4 is 50.3 Å². The van der Waals surface area contributed by atoms with Crippen molar-refractivity contribution in [1.29, 1.82) is 0 Å². The molecule has 9 nitrogen and oxygen atoms in total. The van der Waals surface area contributed by atoms with Gasteiger partial charge in [0.05, 0.1) is 33.6 Å². The molecule has 0 bridgehead atoms. The highest BCUT2D eigenvalue weighted by Gasteiger charge is 2.22. The number of rotatable bonds is 9. The van der Waals surface area contributed by atoms with Crippen LogP contribution in [0.5, 0.6) is 11.5 Å². The Balaban J connectivity index is 1.62. The van der Waals surface area contributed by atoms with E-state index in [1.165, 1.54) is 17.0 Å². The maximum Gasteiger partial charge on any atom is 0.312 e. The Morgan fingerprint density at radius 3 is 2.55 bits per heavy atom. The van der Waals surface area contributed by atoms with E-state index < -0.39 is 4.92 Å². The first kappa shape index (κ1) is 30.9. The third-order valence-corrected chi connectivity index (χ3v) is 8.05. The van der Waals surface area contributed by atoms with Gasteiger partial charge in [-0.3, -0.25) is 14.9 Å². The second-order valence-corrected chi connectivity index (χ2v) is 11.6. The summed E-state index contributed by atoms with van der Waals surface area (Å²) in [6.45, 7) is 6.07. The number of fused-ring (bicyclic) bond motifs is 1. The molecule has 0 fully saturated rings. The molecule has 0 aliphatic heterocycles. The summed E-state index contributed by atoms with van der Waals surface area (Å²) in [7, 11) is 1.62. The van der Waals surface area contributed by atoms with Crippen molar-refractivity contribution in [2.24, 2.45) is 5.10 Å². The largest absolute Gasteiger partial charge is 0.496 e. The number of ether oxygens (including phenoxy) is 2. The Morgan fingerprint density at radius 2 is 1.84 bits per heavy atom. The third kappa shape index (κ3) is 6.22. The van der Waals surface area contributed by atoms with E-state index in [2.05, 4.69) is 34.9 Å². The zero-order chi connectivity index (χ0) is 31.5. The third-order valence-electron chi connectivity index (χ3n) is 7.09. The first-order valence-electron chi connectivity index (χ1n) is 13.7. The van der Waals surface area contributed by atoms with Gasteiger partial charge in [0, 0.05) is 27.8 Å². The molecule has 0 aliphatic carbocycles. The Labute approximate surface area is 267 Å². The number of hydrogen-bond acceptors (Lipinski definition) is 7. The fourth-order valence-corrected chi connectivity index (χ4v) is 5.59. The molecule has 224 valence electrons. The van der Waals surface area contributed by atoms with Crippen molar-refractivity contribution in [2.75, 3.05) is 7.11 Å². The fraction of sp³-hybridized carbons (Fsp3) is 0.182. The Hall–Kier alpha value is -4.54. The molecule has 11 heteroatoms. The number of aryl methyl sites for hydroxylation is 1. The molecule has 0 atom stereocenters. The predicted octanol–water partition coefficient (Wildman–Crippen LogP) is 8.29. The lowest BCUT2D eigenvalue weighted by Crippen LogP contribution is -2.20. The summed E-state index contributed by atoms with van der Waals surface area (Å²) in [6.07, 6.45) is 1.39. The predicted molar refractivity (Wildman–Crippen MR) is 176 cm³/mol. The fourth-order valence-electron chi connectivity index (χ4n) is 4.81. The van der Waals surface area contributed by atoms with E-state index in [-0.39, 0.29) is 29.5 Å². The monoisotopic (exact) mass is 674 g/mol. The topological polar surface area (TPSA) is 109 Å². The minimum Gasteiger partial charge on any atom is -0.496 e. The minimum atomic E-state index is -0.534. The van der Waals surface area contributed by atoms with E-state index >= 15 is 0 Å². The average Bonchev–Trinajstić information content (AvgIpc) is 3.00. The van der Waals surface area contributed by atoms with Gasteiger partial charge >= 0.3 is 5.69 Å². The van der Waals surface area contributed by atoms with E-state index in [0.29, 0.717) is 42.9 Å². The Bertz CT molecular complexity index is 1990. The molecule has 0 amide bonds. The summed E-state index contributed by atoms with van der Waals surface area (Å²) < 4.78 is 13.0. The smallest absolute Gasteiger partial charge is 0.312 e. The quantitative estimate of drug-likeness (QED) is 0.0884. The first-order chi connectivity index (χ1) is 21.1. The highest BCUT2D eigenvalue weighted by atomic mass is 79.9. The summed E-state index contributed by atoms with van der Waals surface area (Å²) >= 11 is 9.64. The van der Waals surface area contributed by atoms with Crippen LogP contribution in [0, 0.1) is 17.0 Å². The molecule has 0 aliphatic rings. The summed E-state index contributed by atoms with van der Waals surface area (Å²) in [5.41, 5.74) is 3.44. The van der Waals surface area contributed by atoms with Crippen LogP contribution in [0.2, 0.25) is 5.02 Å². The zero-order valence-corrected chi connectivity index (χ0v) is 26.7. The van der Waals surface area contributed by atoms with Crippen molar-refractivity contribution in [3.63, 3.8) is 0 Å². The molecule has 1 aromatic heterocycles. The molecule has 44 heavy (non-hydrogen) atoms. The van der Waals surface area contributed by atoms with Gasteiger partial charge in [-0.25, -0.2) is 4.98 Å². The van der Waals surface area contributed by atoms with E-state index in [4.69, 9.17) is 26.1 Å². The van der Waals surface area contributed by atoms with Crippen LogP contribution >= 0.6 is 27.5 Å². The van der Waals surface area contributed by atoms with E-state index in [1.54, 1.807) is 49.6 Å². The van der Waals surface area contributed by atoms with Gasteiger partial charge in [-0.05, 0) is 76.3 Å². The number of nitro benzene ring substituents is 1. The molecule has 4 aromatic carbocycles. The van der Waals surface area contributed by atoms with Gasteiger partial charge in [0.25, 0.3) is 5.56 Å². The van der Waals surface area contributed by atoms with E-state index in [1.807, 2.05) is 31.2 Å². The highest BCUT2D eigenvalue weighted by molar-refractivity contribution is 9.10. The van der Waals surface area contributed by atoms with E-state index in [0.717, 1.165) is 16.9 Å². The summed E-state index contributed by atoms with van der Waals surface area (Å²) in [5, 5.41) is 17.5. The highest BCUT2D eigenvalue weighted by Crippen LogP contribution is 2.37. The van der Waals surface area contributed by atoms with Crippen LogP contribution in [0.25, 0.3) is 22.3 Å². The number of nitro groups is 1. The minimum absolute atomic E-state index is 0.0354. The normalized spacial score (nSPS) is 11.4. The van der Waals surface area contributed by atoms with Crippen molar-refractivity contribution in [2.45, 2.75) is 33.3 Å². The lowest BCUT2D eigenvalue weighted by Gasteiger charge is -2.17. The van der Waals surface area contributed by atoms with Gasteiger partial charge in [-0.1, -0.05) is 55.8 Å². The average molecular weight is 676 g/mol. The number of aromatic nitrogens is 2. The molecule has 0 unspecified atom stereocenters. The van der Waals surface area contributed by atoms with Crippen LogP contribution in [-0.2, 0) is 6.61 Å².